The number of hydrogen-bond donors (Lipinski definition) is 0. The quantitative estimate of drug-likeness (QED) is 0.432. The molecule has 0 aliphatic carbocycles. The van der Waals surface area contributed by atoms with Gasteiger partial charge in [-0.1, -0.05) is 51.7 Å². The van der Waals surface area contributed by atoms with Crippen molar-refractivity contribution in [1.29, 1.82) is 0 Å². The second-order valence-electron chi connectivity index (χ2n) is 3.78. The summed E-state index contributed by atoms with van der Waals surface area (Å²) in [6.45, 7) is 6.78. The summed E-state index contributed by atoms with van der Waals surface area (Å²) >= 11 is 0. The fourth-order valence-electron chi connectivity index (χ4n) is 1.65. The predicted octanol–water partition coefficient (Wildman–Crippen LogP) is 4.98. The average Bonchev–Trinajstić information content (AvgIpc) is 2.05. The van der Waals surface area contributed by atoms with Crippen LogP contribution in [0, 0.1) is 0 Å². The van der Waals surface area contributed by atoms with E-state index in [-0.39, 0.29) is 12.4 Å². The fourth-order valence-corrected chi connectivity index (χ4v) is 2.26. The Kier molecular flexibility index (Phi) is 13.9. The molecule has 0 amide bonds. The highest BCUT2D eigenvalue weighted by atomic mass is 35.5. The number of allylic oxidation sites excluding steroid dienone is 2. The number of halogens is 1. The summed E-state index contributed by atoms with van der Waals surface area (Å²) in [5, 5.41) is 0. The summed E-state index contributed by atoms with van der Waals surface area (Å²) < 4.78 is 0. The van der Waals surface area contributed by atoms with Crippen LogP contribution in [0.15, 0.2) is 11.6 Å². The lowest BCUT2D eigenvalue weighted by molar-refractivity contribution is 0.773. The molecule has 86 valence electrons. The largest absolute Gasteiger partial charge is 0.147 e. The Balaban J connectivity index is 0. The Labute approximate surface area is 98.5 Å². The molecule has 0 bridgehead atoms. The van der Waals surface area contributed by atoms with Crippen LogP contribution in [-0.4, -0.2) is 5.66 Å². The zero-order valence-electron chi connectivity index (χ0n) is 9.88. The van der Waals surface area contributed by atoms with Gasteiger partial charge in [-0.15, -0.1) is 21.6 Å². The van der Waals surface area contributed by atoms with Crippen molar-refractivity contribution in [1.82, 2.24) is 0 Å². The molecule has 0 aromatic carbocycles. The van der Waals surface area contributed by atoms with Crippen LogP contribution < -0.4 is 0 Å². The smallest absolute Gasteiger partial charge is 0.00831 e. The van der Waals surface area contributed by atoms with Gasteiger partial charge in [0.25, 0.3) is 0 Å². The van der Waals surface area contributed by atoms with E-state index in [0.717, 1.165) is 0 Å². The van der Waals surface area contributed by atoms with E-state index in [9.17, 15) is 0 Å². The Morgan fingerprint density at radius 2 is 1.57 bits per heavy atom. The lowest BCUT2D eigenvalue weighted by atomic mass is 10.0. The molecule has 0 saturated carbocycles. The highest BCUT2D eigenvalue weighted by Crippen LogP contribution is 2.18. The summed E-state index contributed by atoms with van der Waals surface area (Å²) in [6, 6.07) is 0. The van der Waals surface area contributed by atoms with Gasteiger partial charge in [0.15, 0.2) is 0 Å². The van der Waals surface area contributed by atoms with Crippen molar-refractivity contribution < 1.29 is 0 Å². The van der Waals surface area contributed by atoms with Gasteiger partial charge in [0.05, 0.1) is 0 Å². The molecule has 0 aromatic rings. The molecule has 0 spiro atoms. The lowest BCUT2D eigenvalue weighted by Gasteiger charge is -2.09. The molecule has 0 N–H and O–H groups in total. The minimum atomic E-state index is 0. The normalized spacial score (nSPS) is 11.7. The standard InChI is InChI=1S/C12H25P.ClH/c1-4-7-11(8-5-2)10-12(13)9-6-3;/h10,12H,4-9,13H2,1-3H3;1H. The van der Waals surface area contributed by atoms with Crippen LogP contribution in [0.1, 0.15) is 59.3 Å². The fraction of sp³-hybridized carbons (Fsp3) is 0.833. The van der Waals surface area contributed by atoms with Crippen LogP contribution in [0.25, 0.3) is 0 Å². The molecule has 0 aliphatic rings. The molecule has 0 nitrogen and oxygen atoms in total. The number of hydrogen-bond acceptors (Lipinski definition) is 0. The Bertz CT molecular complexity index is 135. The average molecular weight is 237 g/mol. The molecule has 2 unspecified atom stereocenters. The minimum absolute atomic E-state index is 0. The summed E-state index contributed by atoms with van der Waals surface area (Å²) in [5.41, 5.74) is 2.37. The second kappa shape index (κ2) is 11.5. The lowest BCUT2D eigenvalue weighted by Crippen LogP contribution is -1.94. The molecule has 0 heterocycles. The number of rotatable bonds is 7. The first kappa shape index (κ1) is 16.9. The van der Waals surface area contributed by atoms with Crippen LogP contribution in [-0.2, 0) is 0 Å². The third-order valence-electron chi connectivity index (χ3n) is 2.21. The first-order valence-corrected chi connectivity index (χ1v) is 6.36. The Morgan fingerprint density at radius 3 is 1.93 bits per heavy atom. The SMILES string of the molecule is CCCC(=CC(P)CCC)CCC.Cl. The van der Waals surface area contributed by atoms with E-state index in [1.54, 1.807) is 5.57 Å². The van der Waals surface area contributed by atoms with Gasteiger partial charge in [-0.05, 0) is 24.9 Å². The summed E-state index contributed by atoms with van der Waals surface area (Å²) in [7, 11) is 2.95. The highest BCUT2D eigenvalue weighted by molar-refractivity contribution is 7.17. The van der Waals surface area contributed by atoms with Crippen molar-refractivity contribution in [3.05, 3.63) is 11.6 Å². The van der Waals surface area contributed by atoms with E-state index in [1.165, 1.54) is 38.5 Å². The van der Waals surface area contributed by atoms with Gasteiger partial charge in [-0.25, -0.2) is 0 Å². The van der Waals surface area contributed by atoms with Crippen molar-refractivity contribution in [2.45, 2.75) is 65.0 Å². The highest BCUT2D eigenvalue weighted by Gasteiger charge is 2.00. The summed E-state index contributed by atoms with van der Waals surface area (Å²) in [6.07, 6.45) is 10.2. The van der Waals surface area contributed by atoms with E-state index in [1.807, 2.05) is 0 Å². The molecule has 0 rings (SSSR count). The van der Waals surface area contributed by atoms with Crippen molar-refractivity contribution >= 4 is 21.6 Å². The molecular weight excluding hydrogens is 211 g/mol. The first-order chi connectivity index (χ1) is 6.24. The van der Waals surface area contributed by atoms with E-state index in [4.69, 9.17) is 0 Å². The van der Waals surface area contributed by atoms with E-state index < -0.39 is 0 Å². The molecular formula is C12H26ClP. The van der Waals surface area contributed by atoms with Crippen LogP contribution in [0.2, 0.25) is 0 Å². The minimum Gasteiger partial charge on any atom is -0.147 e. The maximum atomic E-state index is 2.95. The molecule has 0 radical (unpaired) electrons. The molecule has 0 aromatic heterocycles. The molecule has 2 atom stereocenters. The van der Waals surface area contributed by atoms with Gasteiger partial charge in [0.2, 0.25) is 0 Å². The first-order valence-electron chi connectivity index (χ1n) is 5.69. The second-order valence-corrected chi connectivity index (χ2v) is 4.63. The third kappa shape index (κ3) is 9.03. The van der Waals surface area contributed by atoms with Crippen molar-refractivity contribution in [2.75, 3.05) is 0 Å². The van der Waals surface area contributed by atoms with Crippen LogP contribution in [0.4, 0.5) is 0 Å². The zero-order chi connectivity index (χ0) is 10.1. The van der Waals surface area contributed by atoms with Crippen LogP contribution in [0.3, 0.4) is 0 Å². The van der Waals surface area contributed by atoms with E-state index >= 15 is 0 Å². The zero-order valence-corrected chi connectivity index (χ0v) is 11.9. The van der Waals surface area contributed by atoms with Gasteiger partial charge >= 0.3 is 0 Å². The molecule has 14 heavy (non-hydrogen) atoms. The van der Waals surface area contributed by atoms with Gasteiger partial charge in [-0.3, -0.25) is 0 Å². The van der Waals surface area contributed by atoms with Crippen molar-refractivity contribution in [3.8, 4) is 0 Å². The summed E-state index contributed by atoms with van der Waals surface area (Å²) in [4.78, 5) is 0. The molecule has 0 saturated heterocycles. The maximum Gasteiger partial charge on any atom is -0.00831 e. The maximum absolute atomic E-state index is 2.95. The third-order valence-corrected chi connectivity index (χ3v) is 2.74. The topological polar surface area (TPSA) is 0 Å². The molecule has 2 heteroatoms. The van der Waals surface area contributed by atoms with Crippen LogP contribution in [0.5, 0.6) is 0 Å². The summed E-state index contributed by atoms with van der Waals surface area (Å²) in [5.74, 6) is 0. The van der Waals surface area contributed by atoms with Gasteiger partial charge < -0.3 is 0 Å². The Morgan fingerprint density at radius 1 is 1.07 bits per heavy atom. The molecule has 0 aliphatic heterocycles. The van der Waals surface area contributed by atoms with Crippen molar-refractivity contribution in [3.63, 3.8) is 0 Å². The predicted molar refractivity (Wildman–Crippen MR) is 73.6 cm³/mol. The van der Waals surface area contributed by atoms with E-state index in [0.29, 0.717) is 5.66 Å². The van der Waals surface area contributed by atoms with E-state index in [2.05, 4.69) is 36.1 Å². The van der Waals surface area contributed by atoms with Gasteiger partial charge in [-0.2, -0.15) is 0 Å². The van der Waals surface area contributed by atoms with Gasteiger partial charge in [0, 0.05) is 0 Å². The van der Waals surface area contributed by atoms with Gasteiger partial charge in [0.1, 0.15) is 0 Å². The van der Waals surface area contributed by atoms with Crippen LogP contribution >= 0.6 is 21.6 Å². The van der Waals surface area contributed by atoms with Crippen molar-refractivity contribution in [2.24, 2.45) is 0 Å². The monoisotopic (exact) mass is 236 g/mol. The Hall–Kier alpha value is 0.460. The molecule has 0 fully saturated rings.